The smallest absolute Gasteiger partial charge is 0.0473 e. The molecular weight excluding hydrogens is 168 g/mol. The van der Waals surface area contributed by atoms with E-state index in [1.54, 1.807) is 6.08 Å². The first kappa shape index (κ1) is 29.2. The number of hydrogen-bond donors (Lipinski definition) is 0. The first-order valence-electron chi connectivity index (χ1n) is 6.13. The van der Waals surface area contributed by atoms with Gasteiger partial charge in [-0.2, -0.15) is 0 Å². The second-order valence-electron chi connectivity index (χ2n) is 2.85. The lowest BCUT2D eigenvalue weighted by Crippen LogP contribution is -1.66. The van der Waals surface area contributed by atoms with Crippen molar-refractivity contribution in [2.24, 2.45) is 5.92 Å². The van der Waals surface area contributed by atoms with E-state index >= 15 is 0 Å². The summed E-state index contributed by atoms with van der Waals surface area (Å²) in [6.45, 7) is 24.0. The maximum absolute atomic E-state index is 3.36. The quantitative estimate of drug-likeness (QED) is 0.405. The van der Waals surface area contributed by atoms with Gasteiger partial charge >= 0.3 is 0 Å². The number of hydrogen-bond acceptors (Lipinski definition) is 0. The molecule has 0 nitrogen and oxygen atoms in total. The third-order valence-electron chi connectivity index (χ3n) is 0. The van der Waals surface area contributed by atoms with Gasteiger partial charge in [0.15, 0.2) is 0 Å². The molecule has 0 aliphatic heterocycles. The summed E-state index contributed by atoms with van der Waals surface area (Å²) in [4.78, 5) is 0. The van der Waals surface area contributed by atoms with E-state index in [2.05, 4.69) is 41.2 Å². The third-order valence-corrected chi connectivity index (χ3v) is 0. The zero-order chi connectivity index (χ0) is 13.0. The van der Waals surface area contributed by atoms with Crippen LogP contribution >= 0.6 is 0 Å². The van der Waals surface area contributed by atoms with Crippen LogP contribution in [-0.4, -0.2) is 0 Å². The third kappa shape index (κ3) is 20000. The Balaban J connectivity index is -0.0000000249. The van der Waals surface area contributed by atoms with Crippen LogP contribution in [0.3, 0.4) is 0 Å². The topological polar surface area (TPSA) is 0 Å². The minimum atomic E-state index is 0.833. The number of rotatable bonds is 0. The predicted octanol–water partition coefficient (Wildman–Crippen LogP) is 6.32. The van der Waals surface area contributed by atoms with Crippen LogP contribution in [0.4, 0.5) is 0 Å². The van der Waals surface area contributed by atoms with Crippen LogP contribution in [0.2, 0.25) is 0 Å². The van der Waals surface area contributed by atoms with Crippen LogP contribution in [0.15, 0.2) is 12.7 Å². The maximum Gasteiger partial charge on any atom is -0.0473 e. The molecule has 0 aliphatic carbocycles. The van der Waals surface area contributed by atoms with Crippen LogP contribution in [-0.2, 0) is 0 Å². The molecule has 14 heavy (non-hydrogen) atoms. The summed E-state index contributed by atoms with van der Waals surface area (Å²) in [6.07, 6.45) is 3.00. The molecule has 0 heteroatoms. The lowest BCUT2D eigenvalue weighted by molar-refractivity contribution is 0.737. The Morgan fingerprint density at radius 2 is 0.929 bits per heavy atom. The summed E-state index contributed by atoms with van der Waals surface area (Å²) in [5, 5.41) is 0. The van der Waals surface area contributed by atoms with Gasteiger partial charge in [-0.1, -0.05) is 74.8 Å². The molecule has 92 valence electrons. The van der Waals surface area contributed by atoms with E-state index in [0.29, 0.717) is 0 Å². The van der Waals surface area contributed by atoms with Crippen LogP contribution < -0.4 is 0 Å². The van der Waals surface area contributed by atoms with Crippen molar-refractivity contribution in [1.29, 1.82) is 0 Å². The second-order valence-corrected chi connectivity index (χ2v) is 2.85. The van der Waals surface area contributed by atoms with E-state index in [1.807, 2.05) is 34.6 Å². The van der Waals surface area contributed by atoms with Crippen LogP contribution in [0.5, 0.6) is 0 Å². The molecule has 0 fully saturated rings. The first-order valence-corrected chi connectivity index (χ1v) is 6.13. The highest BCUT2D eigenvalue weighted by Gasteiger charge is 1.68. The molecular formula is C14H36. The Morgan fingerprint density at radius 3 is 0.929 bits per heavy atom. The van der Waals surface area contributed by atoms with Gasteiger partial charge in [0.05, 0.1) is 0 Å². The zero-order valence-electron chi connectivity index (χ0n) is 12.6. The molecule has 0 spiro atoms. The summed E-state index contributed by atoms with van der Waals surface area (Å²) < 4.78 is 0. The standard InChI is InChI=1S/C4H10.C3H8.C3H6.2C2H6/c1-4(2)3;2*1-3-2;2*1-2/h4H,1-3H3;3H2,1-2H3;3H,1H2,2H3;2*1-2H3. The Morgan fingerprint density at radius 1 is 0.929 bits per heavy atom. The molecule has 0 unspecified atom stereocenters. The van der Waals surface area contributed by atoms with Crippen molar-refractivity contribution in [1.82, 2.24) is 0 Å². The summed E-state index contributed by atoms with van der Waals surface area (Å²) in [7, 11) is 0. The molecule has 0 rings (SSSR count). The Bertz CT molecular complexity index is 32.5. The van der Waals surface area contributed by atoms with E-state index in [4.69, 9.17) is 0 Å². The molecule has 0 amide bonds. The molecule has 0 aliphatic rings. The monoisotopic (exact) mass is 204 g/mol. The fraction of sp³-hybridized carbons (Fsp3) is 0.857. The van der Waals surface area contributed by atoms with Gasteiger partial charge in [-0.3, -0.25) is 0 Å². The highest BCUT2D eigenvalue weighted by Crippen LogP contribution is 1.81. The van der Waals surface area contributed by atoms with Crippen molar-refractivity contribution in [2.45, 2.75) is 75.7 Å². The fourth-order valence-electron chi connectivity index (χ4n) is 0. The largest absolute Gasteiger partial charge is 0.103 e. The lowest BCUT2D eigenvalue weighted by Gasteiger charge is -1.79. The maximum atomic E-state index is 3.36. The zero-order valence-corrected chi connectivity index (χ0v) is 12.6. The minimum Gasteiger partial charge on any atom is -0.103 e. The van der Waals surface area contributed by atoms with E-state index in [1.165, 1.54) is 6.42 Å². The SMILES string of the molecule is C=CC.CC.CC.CC(C)C.CCC. The van der Waals surface area contributed by atoms with Crippen molar-refractivity contribution >= 4 is 0 Å². The van der Waals surface area contributed by atoms with Crippen LogP contribution in [0, 0.1) is 5.92 Å². The summed E-state index contributed by atoms with van der Waals surface area (Å²) in [6, 6.07) is 0. The minimum absolute atomic E-state index is 0.833. The van der Waals surface area contributed by atoms with Crippen molar-refractivity contribution in [2.75, 3.05) is 0 Å². The summed E-state index contributed by atoms with van der Waals surface area (Å²) in [5.41, 5.74) is 0. The normalized spacial score (nSPS) is 5.64. The highest BCUT2D eigenvalue weighted by molar-refractivity contribution is 4.51. The van der Waals surface area contributed by atoms with Gasteiger partial charge in [0.2, 0.25) is 0 Å². The van der Waals surface area contributed by atoms with Gasteiger partial charge in [-0.15, -0.1) is 6.58 Å². The number of allylic oxidation sites excluding steroid dienone is 1. The van der Waals surface area contributed by atoms with Gasteiger partial charge in [-0.05, 0) is 12.8 Å². The Labute approximate surface area is 94.8 Å². The summed E-state index contributed by atoms with van der Waals surface area (Å²) >= 11 is 0. The van der Waals surface area contributed by atoms with Gasteiger partial charge < -0.3 is 0 Å². The molecule has 0 N–H and O–H groups in total. The summed E-state index contributed by atoms with van der Waals surface area (Å²) in [5.74, 6) is 0.833. The lowest BCUT2D eigenvalue weighted by atomic mass is 10.3. The van der Waals surface area contributed by atoms with Gasteiger partial charge in [0, 0.05) is 0 Å². The molecule has 0 aromatic heterocycles. The Hall–Kier alpha value is -0.260. The average Bonchev–Trinajstić information content (AvgIpc) is 2.12. The van der Waals surface area contributed by atoms with Crippen molar-refractivity contribution in [3.05, 3.63) is 12.7 Å². The van der Waals surface area contributed by atoms with E-state index in [0.717, 1.165) is 5.92 Å². The van der Waals surface area contributed by atoms with Gasteiger partial charge in [0.1, 0.15) is 0 Å². The van der Waals surface area contributed by atoms with Crippen molar-refractivity contribution in [3.8, 4) is 0 Å². The Kier molecular flexibility index (Phi) is 163. The van der Waals surface area contributed by atoms with E-state index < -0.39 is 0 Å². The molecule has 0 bridgehead atoms. The average molecular weight is 204 g/mol. The molecule has 0 aromatic rings. The van der Waals surface area contributed by atoms with E-state index in [-0.39, 0.29) is 0 Å². The molecule has 0 atom stereocenters. The molecule has 0 radical (unpaired) electrons. The van der Waals surface area contributed by atoms with Gasteiger partial charge in [-0.25, -0.2) is 0 Å². The van der Waals surface area contributed by atoms with Gasteiger partial charge in [0.25, 0.3) is 0 Å². The highest BCUT2D eigenvalue weighted by atomic mass is 13.7. The first-order chi connectivity index (χ1) is 6.56. The fourth-order valence-corrected chi connectivity index (χ4v) is 0. The molecule has 0 saturated carbocycles. The van der Waals surface area contributed by atoms with Crippen molar-refractivity contribution < 1.29 is 0 Å². The van der Waals surface area contributed by atoms with Crippen molar-refractivity contribution in [3.63, 3.8) is 0 Å². The predicted molar refractivity (Wildman–Crippen MR) is 75.0 cm³/mol. The molecule has 0 aromatic carbocycles. The van der Waals surface area contributed by atoms with Crippen LogP contribution in [0.1, 0.15) is 75.7 Å². The molecule has 0 heterocycles. The molecule has 0 saturated heterocycles. The van der Waals surface area contributed by atoms with E-state index in [9.17, 15) is 0 Å². The second kappa shape index (κ2) is 78.2. The van der Waals surface area contributed by atoms with Crippen LogP contribution in [0.25, 0.3) is 0 Å².